The Morgan fingerprint density at radius 1 is 1.37 bits per heavy atom. The van der Waals surface area contributed by atoms with Crippen LogP contribution in [0.5, 0.6) is 5.75 Å². The second-order valence-electron chi connectivity index (χ2n) is 5.41. The fourth-order valence-electron chi connectivity index (χ4n) is 2.03. The zero-order valence-electron chi connectivity index (χ0n) is 12.9. The van der Waals surface area contributed by atoms with Crippen LogP contribution in [0.25, 0.3) is 6.08 Å². The van der Waals surface area contributed by atoms with Crippen LogP contribution in [-0.4, -0.2) is 20.2 Å². The van der Waals surface area contributed by atoms with E-state index in [0.717, 1.165) is 25.3 Å². The van der Waals surface area contributed by atoms with Crippen LogP contribution in [0.1, 0.15) is 38.3 Å². The van der Waals surface area contributed by atoms with Gasteiger partial charge < -0.3 is 10.1 Å². The highest BCUT2D eigenvalue weighted by molar-refractivity contribution is 5.56. The topological polar surface area (TPSA) is 21.3 Å². The molecule has 2 nitrogen and oxygen atoms in total. The first-order chi connectivity index (χ1) is 9.06. The summed E-state index contributed by atoms with van der Waals surface area (Å²) in [6.07, 6.45) is 3.36. The van der Waals surface area contributed by atoms with E-state index in [9.17, 15) is 0 Å². The summed E-state index contributed by atoms with van der Waals surface area (Å²) in [6.45, 7) is 10.8. The van der Waals surface area contributed by atoms with Crippen LogP contribution in [0.15, 0.2) is 23.8 Å². The van der Waals surface area contributed by atoms with Crippen molar-refractivity contribution in [3.8, 4) is 5.75 Å². The highest BCUT2D eigenvalue weighted by atomic mass is 16.5. The van der Waals surface area contributed by atoms with Gasteiger partial charge in [-0.25, -0.2) is 0 Å². The predicted molar refractivity (Wildman–Crippen MR) is 83.7 cm³/mol. The molecule has 1 N–H and O–H groups in total. The highest BCUT2D eigenvalue weighted by Crippen LogP contribution is 2.20. The van der Waals surface area contributed by atoms with Crippen molar-refractivity contribution in [1.29, 1.82) is 0 Å². The Morgan fingerprint density at radius 2 is 2.11 bits per heavy atom. The Labute approximate surface area is 117 Å². The monoisotopic (exact) mass is 261 g/mol. The largest absolute Gasteiger partial charge is 0.496 e. The average Bonchev–Trinajstić information content (AvgIpc) is 2.37. The average molecular weight is 261 g/mol. The van der Waals surface area contributed by atoms with Crippen molar-refractivity contribution < 1.29 is 4.74 Å². The Hall–Kier alpha value is -1.28. The van der Waals surface area contributed by atoms with E-state index in [-0.39, 0.29) is 0 Å². The van der Waals surface area contributed by atoms with Gasteiger partial charge in [0.25, 0.3) is 0 Å². The van der Waals surface area contributed by atoms with Crippen molar-refractivity contribution in [2.75, 3.05) is 20.2 Å². The quantitative estimate of drug-likeness (QED) is 0.799. The number of hydrogen-bond donors (Lipinski definition) is 1. The fourth-order valence-corrected chi connectivity index (χ4v) is 2.03. The van der Waals surface area contributed by atoms with Gasteiger partial charge in [0.05, 0.1) is 7.11 Å². The van der Waals surface area contributed by atoms with Crippen molar-refractivity contribution >= 4 is 6.08 Å². The summed E-state index contributed by atoms with van der Waals surface area (Å²) < 4.78 is 5.29. The van der Waals surface area contributed by atoms with Crippen molar-refractivity contribution in [3.63, 3.8) is 0 Å². The molecule has 0 aromatic heterocycles. The number of ether oxygens (including phenoxy) is 1. The fraction of sp³-hybridized carbons (Fsp3) is 0.529. The minimum absolute atomic E-state index is 0.696. The summed E-state index contributed by atoms with van der Waals surface area (Å²) in [5.74, 6) is 1.65. The zero-order chi connectivity index (χ0) is 14.3. The molecule has 0 aliphatic carbocycles. The van der Waals surface area contributed by atoms with E-state index in [1.165, 1.54) is 16.7 Å². The summed E-state index contributed by atoms with van der Waals surface area (Å²) >= 11 is 0. The van der Waals surface area contributed by atoms with Crippen LogP contribution >= 0.6 is 0 Å². The molecule has 2 heteroatoms. The molecule has 0 aliphatic rings. The zero-order valence-corrected chi connectivity index (χ0v) is 12.9. The van der Waals surface area contributed by atoms with Gasteiger partial charge in [-0.05, 0) is 49.1 Å². The molecule has 19 heavy (non-hydrogen) atoms. The summed E-state index contributed by atoms with van der Waals surface area (Å²) in [5.41, 5.74) is 3.87. The lowest BCUT2D eigenvalue weighted by molar-refractivity contribution is 0.411. The normalized spacial score (nSPS) is 12.0. The first-order valence-electron chi connectivity index (χ1n) is 7.11. The Morgan fingerprint density at radius 3 is 2.63 bits per heavy atom. The molecule has 0 heterocycles. The second kappa shape index (κ2) is 8.00. The first-order valence-corrected chi connectivity index (χ1v) is 7.11. The van der Waals surface area contributed by atoms with E-state index < -0.39 is 0 Å². The van der Waals surface area contributed by atoms with E-state index in [2.05, 4.69) is 51.2 Å². The standard InChI is InChI=1S/C17H27NO/c1-6-15(12-18-11-13(2)3)10-16-7-8-17(19-5)14(4)9-16/h7-10,13,18H,6,11-12H2,1-5H3. The van der Waals surface area contributed by atoms with Gasteiger partial charge >= 0.3 is 0 Å². The van der Waals surface area contributed by atoms with Crippen LogP contribution in [0.2, 0.25) is 0 Å². The maximum absolute atomic E-state index is 5.29. The molecule has 0 spiro atoms. The third kappa shape index (κ3) is 5.48. The molecule has 0 radical (unpaired) electrons. The van der Waals surface area contributed by atoms with Crippen LogP contribution < -0.4 is 10.1 Å². The van der Waals surface area contributed by atoms with Crippen molar-refractivity contribution in [1.82, 2.24) is 5.32 Å². The van der Waals surface area contributed by atoms with Gasteiger partial charge in [0.15, 0.2) is 0 Å². The van der Waals surface area contributed by atoms with Crippen LogP contribution in [0, 0.1) is 12.8 Å². The molecule has 0 atom stereocenters. The summed E-state index contributed by atoms with van der Waals surface area (Å²) in [5, 5.41) is 3.50. The number of nitrogens with one attached hydrogen (secondary N) is 1. The number of methoxy groups -OCH3 is 1. The van der Waals surface area contributed by atoms with Gasteiger partial charge in [-0.15, -0.1) is 0 Å². The third-order valence-corrected chi connectivity index (χ3v) is 3.15. The van der Waals surface area contributed by atoms with Crippen molar-refractivity contribution in [3.05, 3.63) is 34.9 Å². The maximum atomic E-state index is 5.29. The van der Waals surface area contributed by atoms with Crippen LogP contribution in [0.4, 0.5) is 0 Å². The molecule has 0 amide bonds. The summed E-state index contributed by atoms with van der Waals surface area (Å²) in [7, 11) is 1.71. The lowest BCUT2D eigenvalue weighted by atomic mass is 10.1. The number of aryl methyl sites for hydroxylation is 1. The van der Waals surface area contributed by atoms with Gasteiger partial charge in [-0.1, -0.05) is 38.5 Å². The molecule has 0 unspecified atom stereocenters. The van der Waals surface area contributed by atoms with Gasteiger partial charge in [-0.3, -0.25) is 0 Å². The van der Waals surface area contributed by atoms with E-state index >= 15 is 0 Å². The van der Waals surface area contributed by atoms with Crippen molar-refractivity contribution in [2.45, 2.75) is 34.1 Å². The van der Waals surface area contributed by atoms with Crippen LogP contribution in [0.3, 0.4) is 0 Å². The maximum Gasteiger partial charge on any atom is 0.121 e. The molecule has 0 fully saturated rings. The molecule has 1 aromatic carbocycles. The van der Waals surface area contributed by atoms with E-state index in [0.29, 0.717) is 5.92 Å². The van der Waals surface area contributed by atoms with Gasteiger partial charge in [0.2, 0.25) is 0 Å². The minimum atomic E-state index is 0.696. The number of rotatable bonds is 7. The van der Waals surface area contributed by atoms with E-state index in [4.69, 9.17) is 4.74 Å². The minimum Gasteiger partial charge on any atom is -0.496 e. The Kier molecular flexibility index (Phi) is 6.65. The highest BCUT2D eigenvalue weighted by Gasteiger charge is 2.00. The SMILES string of the molecule is CCC(=Cc1ccc(OC)c(C)c1)CNCC(C)C. The lowest BCUT2D eigenvalue weighted by Crippen LogP contribution is -2.21. The predicted octanol–water partition coefficient (Wildman–Crippen LogP) is 4.04. The van der Waals surface area contributed by atoms with Crippen LogP contribution in [-0.2, 0) is 0 Å². The first kappa shape index (κ1) is 15.8. The molecule has 0 saturated heterocycles. The molecule has 1 aromatic rings. The number of benzene rings is 1. The van der Waals surface area contributed by atoms with Crippen molar-refractivity contribution in [2.24, 2.45) is 5.92 Å². The molecular formula is C17H27NO. The lowest BCUT2D eigenvalue weighted by Gasteiger charge is -2.10. The molecule has 0 aliphatic heterocycles. The summed E-state index contributed by atoms with van der Waals surface area (Å²) in [4.78, 5) is 0. The number of hydrogen-bond acceptors (Lipinski definition) is 2. The van der Waals surface area contributed by atoms with Gasteiger partial charge in [-0.2, -0.15) is 0 Å². The Bertz CT molecular complexity index is 421. The van der Waals surface area contributed by atoms with E-state index in [1.807, 2.05) is 6.07 Å². The van der Waals surface area contributed by atoms with E-state index in [1.54, 1.807) is 7.11 Å². The molecule has 0 bridgehead atoms. The molecular weight excluding hydrogens is 234 g/mol. The molecule has 0 saturated carbocycles. The molecule has 1 rings (SSSR count). The third-order valence-electron chi connectivity index (χ3n) is 3.15. The smallest absolute Gasteiger partial charge is 0.121 e. The second-order valence-corrected chi connectivity index (χ2v) is 5.41. The Balaban J connectivity index is 2.71. The summed E-state index contributed by atoms with van der Waals surface area (Å²) in [6, 6.07) is 6.33. The van der Waals surface area contributed by atoms with Gasteiger partial charge in [0, 0.05) is 6.54 Å². The molecule has 106 valence electrons. The van der Waals surface area contributed by atoms with Gasteiger partial charge in [0.1, 0.15) is 5.75 Å².